The van der Waals surface area contributed by atoms with E-state index >= 15 is 0 Å². The Hall–Kier alpha value is -1.56. The molecule has 6 heteroatoms. The van der Waals surface area contributed by atoms with Gasteiger partial charge in [-0.1, -0.05) is 18.6 Å². The van der Waals surface area contributed by atoms with Crippen LogP contribution in [0, 0.1) is 5.92 Å². The largest absolute Gasteiger partial charge is 0.497 e. The van der Waals surface area contributed by atoms with Gasteiger partial charge in [0.2, 0.25) is 5.91 Å². The molecular weight excluding hydrogens is 326 g/mol. The molecule has 0 N–H and O–H groups in total. The Morgan fingerprint density at radius 3 is 2.46 bits per heavy atom. The third-order valence-corrected chi connectivity index (χ3v) is 8.42. The Balaban J connectivity index is 1.58. The summed E-state index contributed by atoms with van der Waals surface area (Å²) >= 11 is 0. The van der Waals surface area contributed by atoms with Crippen LogP contribution in [0.2, 0.25) is 0 Å². The number of methoxy groups -OCH3 is 1. The highest BCUT2D eigenvalue weighted by atomic mass is 32.2. The second-order valence-electron chi connectivity index (χ2n) is 7.33. The summed E-state index contributed by atoms with van der Waals surface area (Å²) in [5, 5.41) is -0.338. The third kappa shape index (κ3) is 2.26. The topological polar surface area (TPSA) is 63.7 Å². The van der Waals surface area contributed by atoms with Crippen LogP contribution < -0.4 is 4.74 Å². The first-order chi connectivity index (χ1) is 11.5. The predicted octanol–water partition coefficient (Wildman–Crippen LogP) is 1.76. The van der Waals surface area contributed by atoms with Crippen LogP contribution in [-0.4, -0.2) is 50.4 Å². The number of carbonyl (C=O) groups is 1. The van der Waals surface area contributed by atoms with Crippen molar-refractivity contribution in [1.82, 2.24) is 4.90 Å². The highest BCUT2D eigenvalue weighted by Crippen LogP contribution is 2.47. The van der Waals surface area contributed by atoms with Gasteiger partial charge in [-0.05, 0) is 42.9 Å². The zero-order chi connectivity index (χ0) is 16.9. The molecule has 0 radical (unpaired) electrons. The highest BCUT2D eigenvalue weighted by molar-refractivity contribution is 7.92. The average Bonchev–Trinajstić information content (AvgIpc) is 3.08. The van der Waals surface area contributed by atoms with Gasteiger partial charge in [0.15, 0.2) is 9.84 Å². The van der Waals surface area contributed by atoms with Crippen LogP contribution in [0.25, 0.3) is 0 Å². The van der Waals surface area contributed by atoms with Crippen LogP contribution in [0.3, 0.4) is 0 Å². The minimum absolute atomic E-state index is 0.114. The van der Waals surface area contributed by atoms with Gasteiger partial charge < -0.3 is 9.64 Å². The van der Waals surface area contributed by atoms with Crippen LogP contribution >= 0.6 is 0 Å². The molecule has 1 aromatic carbocycles. The van der Waals surface area contributed by atoms with Crippen LogP contribution in [0.15, 0.2) is 24.3 Å². The minimum atomic E-state index is -3.01. The molecule has 0 spiro atoms. The van der Waals surface area contributed by atoms with Crippen molar-refractivity contribution in [2.24, 2.45) is 5.92 Å². The van der Waals surface area contributed by atoms with E-state index in [1.165, 1.54) is 0 Å². The summed E-state index contributed by atoms with van der Waals surface area (Å²) in [5.74, 6) is 1.31. The number of rotatable bonds is 3. The van der Waals surface area contributed by atoms with Gasteiger partial charge in [-0.3, -0.25) is 4.79 Å². The summed E-state index contributed by atoms with van der Waals surface area (Å²) in [4.78, 5) is 15.1. The summed E-state index contributed by atoms with van der Waals surface area (Å²) in [6.45, 7) is 0.977. The summed E-state index contributed by atoms with van der Waals surface area (Å²) in [6.07, 6.45) is 3.43. The van der Waals surface area contributed by atoms with Crippen molar-refractivity contribution in [2.75, 3.05) is 26.0 Å². The summed E-state index contributed by atoms with van der Waals surface area (Å²) in [5.41, 5.74) is 0.564. The van der Waals surface area contributed by atoms with Crippen molar-refractivity contribution in [2.45, 2.75) is 36.3 Å². The number of hydrogen-bond donors (Lipinski definition) is 0. The molecule has 2 saturated heterocycles. The van der Waals surface area contributed by atoms with Gasteiger partial charge in [-0.15, -0.1) is 0 Å². The lowest BCUT2D eigenvalue weighted by molar-refractivity contribution is -0.140. The number of benzene rings is 1. The van der Waals surface area contributed by atoms with Gasteiger partial charge in [0.05, 0.1) is 23.5 Å². The number of hydrogen-bond acceptors (Lipinski definition) is 4. The van der Waals surface area contributed by atoms with Crippen LogP contribution in [-0.2, 0) is 20.0 Å². The van der Waals surface area contributed by atoms with E-state index in [-0.39, 0.29) is 22.8 Å². The number of sulfone groups is 1. The summed E-state index contributed by atoms with van der Waals surface area (Å²) in [6, 6.07) is 7.74. The normalized spacial score (nSPS) is 29.8. The SMILES string of the molecule is COc1ccc(C2(C(=O)N3C[C@@H]4CCS(=O)(=O)[C@@H]4C3)CCC2)cc1. The van der Waals surface area contributed by atoms with E-state index in [1.54, 1.807) is 7.11 Å². The molecule has 1 aliphatic carbocycles. The molecule has 4 rings (SSSR count). The monoisotopic (exact) mass is 349 g/mol. The van der Waals surface area contributed by atoms with Gasteiger partial charge in [0.25, 0.3) is 0 Å². The van der Waals surface area contributed by atoms with Crippen LogP contribution in [0.4, 0.5) is 0 Å². The van der Waals surface area contributed by atoms with Crippen molar-refractivity contribution in [1.29, 1.82) is 0 Å². The fourth-order valence-corrected chi connectivity index (χ4v) is 6.68. The first-order valence-electron chi connectivity index (χ1n) is 8.62. The van der Waals surface area contributed by atoms with Crippen molar-refractivity contribution in [3.63, 3.8) is 0 Å². The van der Waals surface area contributed by atoms with E-state index in [0.29, 0.717) is 19.5 Å². The smallest absolute Gasteiger partial charge is 0.233 e. The van der Waals surface area contributed by atoms with Crippen molar-refractivity contribution in [3.05, 3.63) is 29.8 Å². The molecule has 2 aliphatic heterocycles. The Morgan fingerprint density at radius 1 is 1.21 bits per heavy atom. The number of amides is 1. The van der Waals surface area contributed by atoms with Crippen LogP contribution in [0.1, 0.15) is 31.2 Å². The molecule has 1 amide bonds. The van der Waals surface area contributed by atoms with Crippen molar-refractivity contribution >= 4 is 15.7 Å². The average molecular weight is 349 g/mol. The Labute approximate surface area is 142 Å². The lowest BCUT2D eigenvalue weighted by Gasteiger charge is -2.43. The molecule has 0 aromatic heterocycles. The number of carbonyl (C=O) groups excluding carboxylic acids is 1. The van der Waals surface area contributed by atoms with Gasteiger partial charge in [-0.2, -0.15) is 0 Å². The van der Waals surface area contributed by atoms with Gasteiger partial charge >= 0.3 is 0 Å². The molecule has 2 heterocycles. The fraction of sp³-hybridized carbons (Fsp3) is 0.611. The van der Waals surface area contributed by atoms with E-state index in [2.05, 4.69) is 0 Å². The highest BCUT2D eigenvalue weighted by Gasteiger charge is 2.53. The number of likely N-dealkylation sites (tertiary alicyclic amines) is 1. The van der Waals surface area contributed by atoms with Crippen LogP contribution in [0.5, 0.6) is 5.75 Å². The van der Waals surface area contributed by atoms with Gasteiger partial charge in [0.1, 0.15) is 5.75 Å². The van der Waals surface area contributed by atoms with E-state index in [9.17, 15) is 13.2 Å². The molecule has 5 nitrogen and oxygen atoms in total. The first kappa shape index (κ1) is 15.9. The second kappa shape index (κ2) is 5.48. The fourth-order valence-electron chi connectivity index (χ4n) is 4.53. The molecule has 2 atom stereocenters. The molecule has 1 saturated carbocycles. The zero-order valence-corrected chi connectivity index (χ0v) is 14.7. The second-order valence-corrected chi connectivity index (χ2v) is 9.67. The van der Waals surface area contributed by atoms with E-state index in [4.69, 9.17) is 4.74 Å². The van der Waals surface area contributed by atoms with Gasteiger partial charge in [0, 0.05) is 13.1 Å². The Kier molecular flexibility index (Phi) is 3.64. The minimum Gasteiger partial charge on any atom is -0.497 e. The quantitative estimate of drug-likeness (QED) is 0.834. The van der Waals surface area contributed by atoms with Crippen molar-refractivity contribution < 1.29 is 17.9 Å². The molecular formula is C18H23NO4S. The maximum absolute atomic E-state index is 13.2. The third-order valence-electron chi connectivity index (χ3n) is 6.16. The predicted molar refractivity (Wildman–Crippen MR) is 90.8 cm³/mol. The lowest BCUT2D eigenvalue weighted by Crippen LogP contribution is -2.51. The molecule has 24 heavy (non-hydrogen) atoms. The summed E-state index contributed by atoms with van der Waals surface area (Å²) < 4.78 is 29.5. The van der Waals surface area contributed by atoms with Crippen molar-refractivity contribution in [3.8, 4) is 5.75 Å². The number of ether oxygens (including phenoxy) is 1. The molecule has 130 valence electrons. The number of fused-ring (bicyclic) bond motifs is 1. The molecule has 3 aliphatic rings. The Morgan fingerprint density at radius 2 is 1.92 bits per heavy atom. The first-order valence-corrected chi connectivity index (χ1v) is 10.3. The molecule has 0 unspecified atom stereocenters. The molecule has 0 bridgehead atoms. The maximum atomic E-state index is 13.2. The Bertz CT molecular complexity index is 752. The van der Waals surface area contributed by atoms with Gasteiger partial charge in [-0.25, -0.2) is 8.42 Å². The maximum Gasteiger partial charge on any atom is 0.233 e. The zero-order valence-electron chi connectivity index (χ0n) is 13.9. The molecule has 1 aromatic rings. The lowest BCUT2D eigenvalue weighted by atomic mass is 9.63. The van der Waals surface area contributed by atoms with E-state index < -0.39 is 15.3 Å². The van der Waals surface area contributed by atoms with E-state index in [0.717, 1.165) is 30.6 Å². The molecule has 3 fully saturated rings. The summed E-state index contributed by atoms with van der Waals surface area (Å²) in [7, 11) is -1.38. The standard InChI is InChI=1S/C18H23NO4S/c1-23-15-5-3-14(4-6-15)18(8-2-9-18)17(20)19-11-13-7-10-24(21,22)16(13)12-19/h3-6,13,16H,2,7-12H2,1H3/t13-,16+/m0/s1. The number of nitrogens with zero attached hydrogens (tertiary/aromatic N) is 1. The van der Waals surface area contributed by atoms with E-state index in [1.807, 2.05) is 29.2 Å².